The Labute approximate surface area is 107 Å². The van der Waals surface area contributed by atoms with E-state index in [-0.39, 0.29) is 0 Å². The third kappa shape index (κ3) is 4.47. The number of nitrogens with one attached hydrogen (secondary N) is 1. The Morgan fingerprint density at radius 3 is 2.83 bits per heavy atom. The fraction of sp³-hybridized carbons (Fsp3) is 0.308. The molecule has 18 heavy (non-hydrogen) atoms. The molecule has 0 unspecified atom stereocenters. The molecule has 0 bridgehead atoms. The molecule has 1 amide bonds. The SMILES string of the molecule is C=CCCOCCNc1ccc(C(N)=O)cc1N. The monoisotopic (exact) mass is 249 g/mol. The first-order chi connectivity index (χ1) is 8.65. The molecule has 0 aromatic heterocycles. The van der Waals surface area contributed by atoms with Gasteiger partial charge in [-0.15, -0.1) is 6.58 Å². The number of hydrogen-bond acceptors (Lipinski definition) is 4. The number of anilines is 2. The zero-order valence-corrected chi connectivity index (χ0v) is 10.3. The normalized spacial score (nSPS) is 10.0. The van der Waals surface area contributed by atoms with Crippen LogP contribution in [0.4, 0.5) is 11.4 Å². The minimum absolute atomic E-state index is 0.403. The van der Waals surface area contributed by atoms with Crippen LogP contribution in [-0.2, 0) is 4.74 Å². The van der Waals surface area contributed by atoms with Gasteiger partial charge in [0.25, 0.3) is 0 Å². The van der Waals surface area contributed by atoms with Gasteiger partial charge in [0, 0.05) is 12.1 Å². The zero-order chi connectivity index (χ0) is 13.4. The van der Waals surface area contributed by atoms with Gasteiger partial charge < -0.3 is 21.5 Å². The minimum atomic E-state index is -0.485. The second-order valence-electron chi connectivity index (χ2n) is 3.78. The van der Waals surface area contributed by atoms with Crippen molar-refractivity contribution in [1.29, 1.82) is 0 Å². The van der Waals surface area contributed by atoms with E-state index in [4.69, 9.17) is 16.2 Å². The van der Waals surface area contributed by atoms with Gasteiger partial charge in [0.2, 0.25) is 5.91 Å². The molecule has 5 heteroatoms. The van der Waals surface area contributed by atoms with Crippen molar-refractivity contribution in [3.63, 3.8) is 0 Å². The fourth-order valence-electron chi connectivity index (χ4n) is 1.40. The van der Waals surface area contributed by atoms with Crippen LogP contribution in [0.3, 0.4) is 0 Å². The van der Waals surface area contributed by atoms with Crippen LogP contribution in [0.5, 0.6) is 0 Å². The Hall–Kier alpha value is -2.01. The Morgan fingerprint density at radius 2 is 2.22 bits per heavy atom. The van der Waals surface area contributed by atoms with E-state index in [1.807, 2.05) is 6.08 Å². The van der Waals surface area contributed by atoms with Gasteiger partial charge in [-0.1, -0.05) is 6.08 Å². The van der Waals surface area contributed by atoms with Crippen molar-refractivity contribution in [3.05, 3.63) is 36.4 Å². The number of rotatable bonds is 8. The van der Waals surface area contributed by atoms with E-state index < -0.39 is 5.91 Å². The van der Waals surface area contributed by atoms with Crippen molar-refractivity contribution >= 4 is 17.3 Å². The van der Waals surface area contributed by atoms with Crippen molar-refractivity contribution in [2.24, 2.45) is 5.73 Å². The highest BCUT2D eigenvalue weighted by atomic mass is 16.5. The van der Waals surface area contributed by atoms with Crippen molar-refractivity contribution < 1.29 is 9.53 Å². The molecular formula is C13H19N3O2. The zero-order valence-electron chi connectivity index (χ0n) is 10.3. The van der Waals surface area contributed by atoms with Crippen LogP contribution < -0.4 is 16.8 Å². The number of carbonyl (C=O) groups is 1. The van der Waals surface area contributed by atoms with E-state index in [1.165, 1.54) is 0 Å². The highest BCUT2D eigenvalue weighted by Crippen LogP contribution is 2.19. The van der Waals surface area contributed by atoms with E-state index in [9.17, 15) is 4.79 Å². The molecule has 0 heterocycles. The molecule has 0 aliphatic carbocycles. The number of amides is 1. The molecule has 0 radical (unpaired) electrons. The molecule has 0 atom stereocenters. The number of nitrogen functional groups attached to an aromatic ring is 1. The van der Waals surface area contributed by atoms with E-state index in [1.54, 1.807) is 18.2 Å². The third-order valence-electron chi connectivity index (χ3n) is 2.36. The first-order valence-corrected chi connectivity index (χ1v) is 5.77. The van der Waals surface area contributed by atoms with E-state index in [0.29, 0.717) is 31.0 Å². The lowest BCUT2D eigenvalue weighted by atomic mass is 10.1. The summed E-state index contributed by atoms with van der Waals surface area (Å²) in [6, 6.07) is 4.93. The smallest absolute Gasteiger partial charge is 0.248 e. The first-order valence-electron chi connectivity index (χ1n) is 5.77. The number of ether oxygens (including phenoxy) is 1. The van der Waals surface area contributed by atoms with Gasteiger partial charge in [-0.25, -0.2) is 0 Å². The molecule has 0 saturated carbocycles. The van der Waals surface area contributed by atoms with E-state index >= 15 is 0 Å². The van der Waals surface area contributed by atoms with Crippen molar-refractivity contribution in [2.75, 3.05) is 30.8 Å². The molecule has 1 aromatic carbocycles. The molecule has 5 N–H and O–H groups in total. The molecule has 1 rings (SSSR count). The quantitative estimate of drug-likeness (QED) is 0.369. The van der Waals surface area contributed by atoms with Gasteiger partial charge in [-0.2, -0.15) is 0 Å². The van der Waals surface area contributed by atoms with E-state index in [0.717, 1.165) is 12.1 Å². The maximum atomic E-state index is 10.9. The van der Waals surface area contributed by atoms with Gasteiger partial charge in [0.1, 0.15) is 0 Å². The Bertz CT molecular complexity index is 419. The van der Waals surface area contributed by atoms with Crippen molar-refractivity contribution in [3.8, 4) is 0 Å². The average molecular weight is 249 g/mol. The van der Waals surface area contributed by atoms with Gasteiger partial charge in [-0.05, 0) is 24.6 Å². The molecule has 0 fully saturated rings. The van der Waals surface area contributed by atoms with Crippen LogP contribution in [0, 0.1) is 0 Å². The van der Waals surface area contributed by atoms with Gasteiger partial charge in [0.05, 0.1) is 24.6 Å². The topological polar surface area (TPSA) is 90.4 Å². The lowest BCUT2D eigenvalue weighted by Gasteiger charge is -2.10. The lowest BCUT2D eigenvalue weighted by Crippen LogP contribution is -2.13. The van der Waals surface area contributed by atoms with Gasteiger partial charge >= 0.3 is 0 Å². The van der Waals surface area contributed by atoms with Crippen LogP contribution in [0.15, 0.2) is 30.9 Å². The Kier molecular flexibility index (Phi) is 5.73. The number of carbonyl (C=O) groups excluding carboxylic acids is 1. The third-order valence-corrected chi connectivity index (χ3v) is 2.36. The predicted molar refractivity (Wildman–Crippen MR) is 73.5 cm³/mol. The maximum Gasteiger partial charge on any atom is 0.248 e. The summed E-state index contributed by atoms with van der Waals surface area (Å²) < 4.78 is 5.35. The molecule has 5 nitrogen and oxygen atoms in total. The molecule has 0 saturated heterocycles. The van der Waals surface area contributed by atoms with Gasteiger partial charge in [-0.3, -0.25) is 4.79 Å². The number of nitrogens with two attached hydrogens (primary N) is 2. The standard InChI is InChI=1S/C13H19N3O2/c1-2-3-7-18-8-6-16-12-5-4-10(13(15)17)9-11(12)14/h2,4-5,9,16H,1,3,6-8,14H2,(H2,15,17). The summed E-state index contributed by atoms with van der Waals surface area (Å²) in [7, 11) is 0. The van der Waals surface area contributed by atoms with Crippen LogP contribution in [0.25, 0.3) is 0 Å². The Morgan fingerprint density at radius 1 is 1.44 bits per heavy atom. The number of primary amides is 1. The molecule has 0 aliphatic heterocycles. The molecule has 0 spiro atoms. The van der Waals surface area contributed by atoms with Crippen LogP contribution in [0.2, 0.25) is 0 Å². The predicted octanol–water partition coefficient (Wildman–Crippen LogP) is 1.37. The molecule has 1 aromatic rings. The summed E-state index contributed by atoms with van der Waals surface area (Å²) in [5, 5.41) is 3.13. The van der Waals surface area contributed by atoms with Crippen LogP contribution in [0.1, 0.15) is 16.8 Å². The highest BCUT2D eigenvalue weighted by Gasteiger charge is 2.04. The summed E-state index contributed by atoms with van der Waals surface area (Å²) in [5.41, 5.74) is 12.6. The summed E-state index contributed by atoms with van der Waals surface area (Å²) in [6.07, 6.45) is 2.66. The minimum Gasteiger partial charge on any atom is -0.397 e. The van der Waals surface area contributed by atoms with Crippen LogP contribution >= 0.6 is 0 Å². The molecular weight excluding hydrogens is 230 g/mol. The first kappa shape index (κ1) is 14.1. The lowest BCUT2D eigenvalue weighted by molar-refractivity contribution is 0.100. The number of benzene rings is 1. The van der Waals surface area contributed by atoms with Crippen molar-refractivity contribution in [2.45, 2.75) is 6.42 Å². The summed E-state index contributed by atoms with van der Waals surface area (Å²) >= 11 is 0. The highest BCUT2D eigenvalue weighted by molar-refractivity contribution is 5.94. The maximum absolute atomic E-state index is 10.9. The van der Waals surface area contributed by atoms with E-state index in [2.05, 4.69) is 11.9 Å². The average Bonchev–Trinajstić information content (AvgIpc) is 2.35. The summed E-state index contributed by atoms with van der Waals surface area (Å²) in [4.78, 5) is 10.9. The van der Waals surface area contributed by atoms with Crippen LogP contribution in [-0.4, -0.2) is 25.7 Å². The Balaban J connectivity index is 2.38. The number of hydrogen-bond donors (Lipinski definition) is 3. The molecule has 98 valence electrons. The van der Waals surface area contributed by atoms with Crippen molar-refractivity contribution in [1.82, 2.24) is 0 Å². The fourth-order valence-corrected chi connectivity index (χ4v) is 1.40. The molecule has 0 aliphatic rings. The second-order valence-corrected chi connectivity index (χ2v) is 3.78. The second kappa shape index (κ2) is 7.34. The van der Waals surface area contributed by atoms with Gasteiger partial charge in [0.15, 0.2) is 0 Å². The largest absolute Gasteiger partial charge is 0.397 e. The summed E-state index contributed by atoms with van der Waals surface area (Å²) in [5.74, 6) is -0.485. The summed E-state index contributed by atoms with van der Waals surface area (Å²) in [6.45, 7) is 5.52.